The molecule has 0 aliphatic heterocycles. The van der Waals surface area contributed by atoms with E-state index in [1.807, 2.05) is 60.7 Å². The van der Waals surface area contributed by atoms with Crippen LogP contribution < -0.4 is 10.1 Å². The molecule has 0 saturated heterocycles. The minimum Gasteiger partial charge on any atom is -0.488 e. The number of amides is 1. The Labute approximate surface area is 152 Å². The lowest BCUT2D eigenvalue weighted by Gasteiger charge is -2.12. The third-order valence-corrected chi connectivity index (χ3v) is 4.13. The second-order valence-corrected chi connectivity index (χ2v) is 5.95. The predicted octanol–water partition coefficient (Wildman–Crippen LogP) is 4.85. The molecule has 1 N–H and O–H groups in total. The normalized spacial score (nSPS) is 10.3. The van der Waals surface area contributed by atoms with Gasteiger partial charge in [0.1, 0.15) is 12.4 Å². The molecule has 3 rings (SSSR count). The van der Waals surface area contributed by atoms with Crippen molar-refractivity contribution in [2.45, 2.75) is 13.2 Å². The van der Waals surface area contributed by atoms with Crippen molar-refractivity contribution in [3.63, 3.8) is 0 Å². The maximum absolute atomic E-state index is 12.5. The summed E-state index contributed by atoms with van der Waals surface area (Å²) >= 11 is 6.13. The van der Waals surface area contributed by atoms with Crippen LogP contribution in [0.5, 0.6) is 5.75 Å². The lowest BCUT2D eigenvalue weighted by atomic mass is 10.1. The van der Waals surface area contributed by atoms with Gasteiger partial charge in [-0.1, -0.05) is 72.3 Å². The molecule has 25 heavy (non-hydrogen) atoms. The zero-order chi connectivity index (χ0) is 17.5. The van der Waals surface area contributed by atoms with Crippen molar-refractivity contribution >= 4 is 17.5 Å². The maximum atomic E-state index is 12.5. The molecule has 0 heterocycles. The molecule has 3 aromatic carbocycles. The van der Waals surface area contributed by atoms with Gasteiger partial charge in [-0.25, -0.2) is 0 Å². The summed E-state index contributed by atoms with van der Waals surface area (Å²) in [4.78, 5) is 12.5. The van der Waals surface area contributed by atoms with Crippen molar-refractivity contribution in [1.29, 1.82) is 0 Å². The summed E-state index contributed by atoms with van der Waals surface area (Å²) in [6, 6.07) is 24.5. The molecule has 0 aliphatic rings. The van der Waals surface area contributed by atoms with Crippen LogP contribution in [0.15, 0.2) is 78.9 Å². The van der Waals surface area contributed by atoms with E-state index >= 15 is 0 Å². The largest absolute Gasteiger partial charge is 0.488 e. The van der Waals surface area contributed by atoms with Crippen LogP contribution in [0.1, 0.15) is 21.5 Å². The van der Waals surface area contributed by atoms with E-state index < -0.39 is 0 Å². The van der Waals surface area contributed by atoms with Crippen molar-refractivity contribution in [2.75, 3.05) is 0 Å². The number of rotatable bonds is 6. The van der Waals surface area contributed by atoms with Crippen molar-refractivity contribution in [1.82, 2.24) is 5.32 Å². The summed E-state index contributed by atoms with van der Waals surface area (Å²) in [5.74, 6) is 0.367. The molecule has 0 bridgehead atoms. The standard InChI is InChI=1S/C21H18ClNO2/c22-19-12-6-4-10-17(19)14-23-21(24)18-11-5-7-13-20(18)25-15-16-8-2-1-3-9-16/h1-13H,14-15H2,(H,23,24). The summed E-state index contributed by atoms with van der Waals surface area (Å²) in [5, 5.41) is 3.53. The second-order valence-electron chi connectivity index (χ2n) is 5.54. The Morgan fingerprint density at radius 3 is 2.36 bits per heavy atom. The van der Waals surface area contributed by atoms with Gasteiger partial charge in [0.2, 0.25) is 0 Å². The number of ether oxygens (including phenoxy) is 1. The predicted molar refractivity (Wildman–Crippen MR) is 99.8 cm³/mol. The molecule has 4 heteroatoms. The smallest absolute Gasteiger partial charge is 0.255 e. The van der Waals surface area contributed by atoms with E-state index in [-0.39, 0.29) is 5.91 Å². The number of para-hydroxylation sites is 1. The molecule has 0 radical (unpaired) electrons. The topological polar surface area (TPSA) is 38.3 Å². The molecule has 0 spiro atoms. The average molecular weight is 352 g/mol. The molecule has 0 fully saturated rings. The highest BCUT2D eigenvalue weighted by Gasteiger charge is 2.12. The summed E-state index contributed by atoms with van der Waals surface area (Å²) < 4.78 is 5.83. The molecular weight excluding hydrogens is 334 g/mol. The van der Waals surface area contributed by atoms with Gasteiger partial charge in [0.05, 0.1) is 5.56 Å². The Morgan fingerprint density at radius 2 is 1.56 bits per heavy atom. The van der Waals surface area contributed by atoms with E-state index in [9.17, 15) is 4.79 Å². The van der Waals surface area contributed by atoms with Crippen LogP contribution in [-0.4, -0.2) is 5.91 Å². The van der Waals surface area contributed by atoms with Gasteiger partial charge < -0.3 is 10.1 Å². The van der Waals surface area contributed by atoms with Gasteiger partial charge in [0.25, 0.3) is 5.91 Å². The van der Waals surface area contributed by atoms with Crippen LogP contribution in [0, 0.1) is 0 Å². The number of hydrogen-bond acceptors (Lipinski definition) is 2. The number of carbonyl (C=O) groups is 1. The van der Waals surface area contributed by atoms with E-state index in [0.717, 1.165) is 11.1 Å². The highest BCUT2D eigenvalue weighted by molar-refractivity contribution is 6.31. The number of benzene rings is 3. The molecule has 0 aromatic heterocycles. The van der Waals surface area contributed by atoms with Gasteiger partial charge >= 0.3 is 0 Å². The van der Waals surface area contributed by atoms with E-state index in [2.05, 4.69) is 5.32 Å². The van der Waals surface area contributed by atoms with Crippen LogP contribution in [0.25, 0.3) is 0 Å². The molecule has 3 aromatic rings. The number of halogens is 1. The fourth-order valence-corrected chi connectivity index (χ4v) is 2.63. The quantitative estimate of drug-likeness (QED) is 0.689. The third-order valence-electron chi connectivity index (χ3n) is 3.77. The zero-order valence-corrected chi connectivity index (χ0v) is 14.4. The number of hydrogen-bond donors (Lipinski definition) is 1. The molecule has 0 unspecified atom stereocenters. The van der Waals surface area contributed by atoms with Gasteiger partial charge in [-0.15, -0.1) is 0 Å². The SMILES string of the molecule is O=C(NCc1ccccc1Cl)c1ccccc1OCc1ccccc1. The summed E-state index contributed by atoms with van der Waals surface area (Å²) in [7, 11) is 0. The first-order valence-corrected chi connectivity index (χ1v) is 8.39. The van der Waals surface area contributed by atoms with Gasteiger partial charge in [0.15, 0.2) is 0 Å². The van der Waals surface area contributed by atoms with Crippen LogP contribution in [0.2, 0.25) is 5.02 Å². The van der Waals surface area contributed by atoms with Crippen LogP contribution in [0.3, 0.4) is 0 Å². The monoisotopic (exact) mass is 351 g/mol. The van der Waals surface area contributed by atoms with Gasteiger partial charge in [-0.2, -0.15) is 0 Å². The zero-order valence-electron chi connectivity index (χ0n) is 13.6. The molecule has 0 saturated carbocycles. The Kier molecular flexibility index (Phi) is 5.70. The van der Waals surface area contributed by atoms with Crippen molar-refractivity contribution in [2.24, 2.45) is 0 Å². The first-order valence-electron chi connectivity index (χ1n) is 8.01. The lowest BCUT2D eigenvalue weighted by Crippen LogP contribution is -2.23. The minimum atomic E-state index is -0.191. The molecular formula is C21H18ClNO2. The third kappa shape index (κ3) is 4.61. The molecule has 0 atom stereocenters. The first kappa shape index (κ1) is 17.1. The van der Waals surface area contributed by atoms with Crippen molar-refractivity contribution < 1.29 is 9.53 Å². The highest BCUT2D eigenvalue weighted by atomic mass is 35.5. The Bertz CT molecular complexity index is 849. The average Bonchev–Trinajstić information content (AvgIpc) is 2.66. The van der Waals surface area contributed by atoms with Crippen LogP contribution >= 0.6 is 11.6 Å². The first-order chi connectivity index (χ1) is 12.2. The Morgan fingerprint density at radius 1 is 0.880 bits per heavy atom. The highest BCUT2D eigenvalue weighted by Crippen LogP contribution is 2.20. The van der Waals surface area contributed by atoms with Crippen molar-refractivity contribution in [3.8, 4) is 5.75 Å². The van der Waals surface area contributed by atoms with Gasteiger partial charge in [-0.05, 0) is 29.3 Å². The maximum Gasteiger partial charge on any atom is 0.255 e. The number of nitrogens with one attached hydrogen (secondary N) is 1. The molecule has 0 aliphatic carbocycles. The van der Waals surface area contributed by atoms with Crippen LogP contribution in [-0.2, 0) is 13.2 Å². The summed E-state index contributed by atoms with van der Waals surface area (Å²) in [5.41, 5.74) is 2.43. The van der Waals surface area contributed by atoms with E-state index in [1.165, 1.54) is 0 Å². The van der Waals surface area contributed by atoms with Crippen LogP contribution in [0.4, 0.5) is 0 Å². The molecule has 1 amide bonds. The van der Waals surface area contributed by atoms with Gasteiger partial charge in [-0.3, -0.25) is 4.79 Å². The molecule has 3 nitrogen and oxygen atoms in total. The fraction of sp³-hybridized carbons (Fsp3) is 0.0952. The number of carbonyl (C=O) groups excluding carboxylic acids is 1. The van der Waals surface area contributed by atoms with E-state index in [4.69, 9.17) is 16.3 Å². The lowest BCUT2D eigenvalue weighted by molar-refractivity contribution is 0.0946. The summed E-state index contributed by atoms with van der Waals surface area (Å²) in [6.07, 6.45) is 0. The Hall–Kier alpha value is -2.78. The van der Waals surface area contributed by atoms with E-state index in [0.29, 0.717) is 29.5 Å². The molecule has 126 valence electrons. The van der Waals surface area contributed by atoms with E-state index in [1.54, 1.807) is 18.2 Å². The summed E-state index contributed by atoms with van der Waals surface area (Å²) in [6.45, 7) is 0.779. The minimum absolute atomic E-state index is 0.191. The fourth-order valence-electron chi connectivity index (χ4n) is 2.43. The second kappa shape index (κ2) is 8.36. The van der Waals surface area contributed by atoms with Crippen molar-refractivity contribution in [3.05, 3.63) is 101 Å². The Balaban J connectivity index is 1.67. The van der Waals surface area contributed by atoms with Gasteiger partial charge in [0, 0.05) is 11.6 Å².